The van der Waals surface area contributed by atoms with Crippen LogP contribution in [0.3, 0.4) is 0 Å². The van der Waals surface area contributed by atoms with Gasteiger partial charge in [0.2, 0.25) is 11.8 Å². The third kappa shape index (κ3) is 4.40. The predicted molar refractivity (Wildman–Crippen MR) is 92.0 cm³/mol. The zero-order chi connectivity index (χ0) is 17.7. The summed E-state index contributed by atoms with van der Waals surface area (Å²) in [6.45, 7) is 2.40. The number of benzene rings is 1. The van der Waals surface area contributed by atoms with Gasteiger partial charge in [-0.05, 0) is 24.6 Å². The number of halogens is 1. The van der Waals surface area contributed by atoms with Gasteiger partial charge in [-0.25, -0.2) is 0 Å². The molecule has 0 fully saturated rings. The Morgan fingerprint density at radius 1 is 1.42 bits per heavy atom. The second-order valence-electron chi connectivity index (χ2n) is 5.72. The molecule has 2 rings (SSSR count). The summed E-state index contributed by atoms with van der Waals surface area (Å²) in [7, 11) is 3.27. The largest absolute Gasteiger partial charge is 0.384 e. The summed E-state index contributed by atoms with van der Waals surface area (Å²) < 4.78 is 11.1. The number of hydrogen-bond acceptors (Lipinski definition) is 6. The third-order valence-electron chi connectivity index (χ3n) is 3.65. The van der Waals surface area contributed by atoms with Gasteiger partial charge in [-0.3, -0.25) is 4.79 Å². The monoisotopic (exact) mass is 396 g/mol. The van der Waals surface area contributed by atoms with Crippen molar-refractivity contribution in [2.24, 2.45) is 5.73 Å². The first-order valence-corrected chi connectivity index (χ1v) is 8.24. The summed E-state index contributed by atoms with van der Waals surface area (Å²) in [5.41, 5.74) is 5.85. The Kier molecular flexibility index (Phi) is 6.09. The minimum absolute atomic E-state index is 0.197. The number of methoxy groups -OCH3 is 1. The van der Waals surface area contributed by atoms with Crippen LogP contribution in [-0.4, -0.2) is 41.7 Å². The van der Waals surface area contributed by atoms with Gasteiger partial charge in [-0.1, -0.05) is 33.2 Å². The summed E-state index contributed by atoms with van der Waals surface area (Å²) in [5.74, 6) is 0.682. The first-order chi connectivity index (χ1) is 11.3. The van der Waals surface area contributed by atoms with E-state index >= 15 is 0 Å². The van der Waals surface area contributed by atoms with E-state index in [2.05, 4.69) is 26.1 Å². The third-order valence-corrected chi connectivity index (χ3v) is 4.18. The van der Waals surface area contributed by atoms with Gasteiger partial charge < -0.3 is 19.9 Å². The lowest BCUT2D eigenvalue weighted by Crippen LogP contribution is -2.49. The maximum Gasteiger partial charge on any atom is 0.247 e. The highest BCUT2D eigenvalue weighted by Gasteiger charge is 2.33. The lowest BCUT2D eigenvalue weighted by molar-refractivity contribution is -0.136. The fourth-order valence-electron chi connectivity index (χ4n) is 2.24. The Bertz CT molecular complexity index is 685. The molecular weight excluding hydrogens is 376 g/mol. The minimum Gasteiger partial charge on any atom is -0.384 e. The van der Waals surface area contributed by atoms with Crippen molar-refractivity contribution < 1.29 is 14.1 Å². The van der Waals surface area contributed by atoms with E-state index in [0.717, 1.165) is 10.0 Å². The number of ether oxygens (including phenoxy) is 1. The maximum absolute atomic E-state index is 12.7. The predicted octanol–water partition coefficient (Wildman–Crippen LogP) is 1.85. The molecule has 1 aromatic heterocycles. The van der Waals surface area contributed by atoms with Gasteiger partial charge in [0, 0.05) is 25.1 Å². The Hall–Kier alpha value is -1.77. The molecule has 0 radical (unpaired) electrons. The van der Waals surface area contributed by atoms with E-state index in [-0.39, 0.29) is 12.5 Å². The molecule has 0 saturated heterocycles. The molecule has 0 bridgehead atoms. The molecule has 0 spiro atoms. The molecule has 1 amide bonds. The Labute approximate surface area is 149 Å². The minimum atomic E-state index is -1.14. The van der Waals surface area contributed by atoms with Crippen molar-refractivity contribution in [3.05, 3.63) is 46.0 Å². The molecule has 8 heteroatoms. The van der Waals surface area contributed by atoms with Crippen LogP contribution in [0.15, 0.2) is 33.3 Å². The fraction of sp³-hybridized carbons (Fsp3) is 0.438. The topological polar surface area (TPSA) is 94.5 Å². The van der Waals surface area contributed by atoms with E-state index in [1.54, 1.807) is 21.1 Å². The number of rotatable bonds is 7. The normalized spacial score (nSPS) is 13.5. The zero-order valence-corrected chi connectivity index (χ0v) is 15.5. The molecule has 1 unspecified atom stereocenters. The van der Waals surface area contributed by atoms with Gasteiger partial charge in [-0.2, -0.15) is 4.98 Å². The standard InChI is InChI=1S/C16H21BrN4O3/c1-16(18,11-4-6-12(17)7-5-11)15(22)21(2)10-14-19-13(20-24-14)8-9-23-3/h4-7H,8-10,18H2,1-3H3. The van der Waals surface area contributed by atoms with Crippen LogP contribution in [0.5, 0.6) is 0 Å². The first kappa shape index (κ1) is 18.6. The van der Waals surface area contributed by atoms with Crippen LogP contribution in [0.25, 0.3) is 0 Å². The van der Waals surface area contributed by atoms with Gasteiger partial charge in [0.15, 0.2) is 5.82 Å². The number of hydrogen-bond donors (Lipinski definition) is 1. The number of aromatic nitrogens is 2. The number of nitrogens with zero attached hydrogens (tertiary/aromatic N) is 3. The SMILES string of the molecule is COCCc1noc(CN(C)C(=O)C(C)(N)c2ccc(Br)cc2)n1. The molecule has 0 aliphatic carbocycles. The number of carbonyl (C=O) groups excluding carboxylic acids is 1. The summed E-state index contributed by atoms with van der Waals surface area (Å²) >= 11 is 3.37. The summed E-state index contributed by atoms with van der Waals surface area (Å²) in [6, 6.07) is 7.36. The van der Waals surface area contributed by atoms with Gasteiger partial charge in [0.25, 0.3) is 0 Å². The van der Waals surface area contributed by atoms with Crippen LogP contribution in [0.2, 0.25) is 0 Å². The van der Waals surface area contributed by atoms with Crippen molar-refractivity contribution >= 4 is 21.8 Å². The lowest BCUT2D eigenvalue weighted by Gasteiger charge is -2.29. The van der Waals surface area contributed by atoms with E-state index in [1.807, 2.05) is 24.3 Å². The van der Waals surface area contributed by atoms with Crippen LogP contribution in [-0.2, 0) is 28.0 Å². The molecule has 7 nitrogen and oxygen atoms in total. The van der Waals surface area contributed by atoms with Crippen LogP contribution in [0, 0.1) is 0 Å². The number of nitrogens with two attached hydrogens (primary N) is 1. The van der Waals surface area contributed by atoms with Gasteiger partial charge in [0.05, 0.1) is 13.2 Å². The quantitative estimate of drug-likeness (QED) is 0.767. The van der Waals surface area contributed by atoms with Crippen molar-refractivity contribution in [2.75, 3.05) is 20.8 Å². The second kappa shape index (κ2) is 7.87. The molecule has 1 aromatic carbocycles. The molecular formula is C16H21BrN4O3. The first-order valence-electron chi connectivity index (χ1n) is 7.45. The summed E-state index contributed by atoms with van der Waals surface area (Å²) in [6.07, 6.45) is 0.561. The van der Waals surface area contributed by atoms with Crippen LogP contribution in [0.4, 0.5) is 0 Å². The molecule has 1 atom stereocenters. The molecule has 24 heavy (non-hydrogen) atoms. The fourth-order valence-corrected chi connectivity index (χ4v) is 2.50. The molecule has 2 N–H and O–H groups in total. The number of amides is 1. The maximum atomic E-state index is 12.7. The lowest BCUT2D eigenvalue weighted by atomic mass is 9.92. The van der Waals surface area contributed by atoms with Crippen molar-refractivity contribution in [1.29, 1.82) is 0 Å². The molecule has 130 valence electrons. The molecule has 0 saturated carbocycles. The van der Waals surface area contributed by atoms with Gasteiger partial charge in [0.1, 0.15) is 5.54 Å². The van der Waals surface area contributed by atoms with E-state index < -0.39 is 5.54 Å². The average Bonchev–Trinajstić information content (AvgIpc) is 2.99. The van der Waals surface area contributed by atoms with E-state index in [9.17, 15) is 4.79 Å². The Morgan fingerprint density at radius 2 is 2.08 bits per heavy atom. The Morgan fingerprint density at radius 3 is 2.71 bits per heavy atom. The molecule has 2 aromatic rings. The van der Waals surface area contributed by atoms with Crippen molar-refractivity contribution in [2.45, 2.75) is 25.4 Å². The number of carbonyl (C=O) groups is 1. The van der Waals surface area contributed by atoms with Gasteiger partial charge >= 0.3 is 0 Å². The van der Waals surface area contributed by atoms with Crippen LogP contribution < -0.4 is 5.73 Å². The van der Waals surface area contributed by atoms with E-state index in [4.69, 9.17) is 15.0 Å². The number of likely N-dealkylation sites (N-methyl/N-ethyl adjacent to an activating group) is 1. The highest BCUT2D eigenvalue weighted by atomic mass is 79.9. The van der Waals surface area contributed by atoms with Crippen LogP contribution in [0.1, 0.15) is 24.2 Å². The van der Waals surface area contributed by atoms with Crippen molar-refractivity contribution in [1.82, 2.24) is 15.0 Å². The molecule has 0 aliphatic rings. The van der Waals surface area contributed by atoms with Crippen molar-refractivity contribution in [3.8, 4) is 0 Å². The summed E-state index contributed by atoms with van der Waals surface area (Å²) in [4.78, 5) is 18.4. The second-order valence-corrected chi connectivity index (χ2v) is 6.63. The van der Waals surface area contributed by atoms with E-state index in [1.165, 1.54) is 4.90 Å². The zero-order valence-electron chi connectivity index (χ0n) is 14.0. The highest BCUT2D eigenvalue weighted by molar-refractivity contribution is 9.10. The smallest absolute Gasteiger partial charge is 0.247 e. The molecule has 0 aliphatic heterocycles. The molecule has 1 heterocycles. The van der Waals surface area contributed by atoms with Crippen molar-refractivity contribution in [3.63, 3.8) is 0 Å². The average molecular weight is 397 g/mol. The van der Waals surface area contributed by atoms with Gasteiger partial charge in [-0.15, -0.1) is 0 Å². The Balaban J connectivity index is 2.05. The summed E-state index contributed by atoms with van der Waals surface area (Å²) in [5, 5.41) is 3.86. The highest BCUT2D eigenvalue weighted by Crippen LogP contribution is 2.23. The van der Waals surface area contributed by atoms with E-state index in [0.29, 0.717) is 24.7 Å². The van der Waals surface area contributed by atoms with Crippen LogP contribution >= 0.6 is 15.9 Å².